The van der Waals surface area contributed by atoms with Crippen molar-refractivity contribution in [2.24, 2.45) is 5.73 Å². The Balaban J connectivity index is 4.87. The summed E-state index contributed by atoms with van der Waals surface area (Å²) in [4.78, 5) is 23.5. The van der Waals surface area contributed by atoms with E-state index in [4.69, 9.17) is 10.5 Å². The maximum atomic E-state index is 12.0. The Bertz CT molecular complexity index is 451. The number of nitrogens with one attached hydrogen (secondary N) is 1. The lowest BCUT2D eigenvalue weighted by atomic mass is 10.1. The van der Waals surface area contributed by atoms with Crippen LogP contribution in [0.5, 0.6) is 0 Å². The van der Waals surface area contributed by atoms with Crippen LogP contribution in [0.4, 0.5) is 0 Å². The van der Waals surface area contributed by atoms with E-state index >= 15 is 0 Å². The third-order valence-electron chi connectivity index (χ3n) is 2.20. The van der Waals surface area contributed by atoms with Gasteiger partial charge in [-0.3, -0.25) is 4.79 Å². The minimum atomic E-state index is -3.24. The standard InChI is InChI=1S/C12H24N2O5S/c1-8(13)10(15)14-9(6-7-20(5,17)18)11(16)19-12(2,3)4/h8-9H,6-7,13H2,1-5H3,(H,14,15). The van der Waals surface area contributed by atoms with Crippen LogP contribution in [0.1, 0.15) is 34.1 Å². The van der Waals surface area contributed by atoms with Crippen LogP contribution < -0.4 is 11.1 Å². The Morgan fingerprint density at radius 1 is 1.30 bits per heavy atom. The van der Waals surface area contributed by atoms with Gasteiger partial charge in [0.2, 0.25) is 5.91 Å². The topological polar surface area (TPSA) is 116 Å². The first-order chi connectivity index (χ1) is 8.82. The van der Waals surface area contributed by atoms with Crippen molar-refractivity contribution in [2.45, 2.75) is 51.8 Å². The van der Waals surface area contributed by atoms with Gasteiger partial charge in [0.05, 0.1) is 11.8 Å². The van der Waals surface area contributed by atoms with Gasteiger partial charge in [-0.05, 0) is 34.1 Å². The molecule has 0 aliphatic heterocycles. The van der Waals surface area contributed by atoms with Crippen molar-refractivity contribution in [1.29, 1.82) is 0 Å². The fourth-order valence-electron chi connectivity index (χ4n) is 1.26. The van der Waals surface area contributed by atoms with Gasteiger partial charge in [0.15, 0.2) is 0 Å². The smallest absolute Gasteiger partial charge is 0.329 e. The molecule has 0 aromatic carbocycles. The summed E-state index contributed by atoms with van der Waals surface area (Å²) in [6, 6.07) is -1.82. The SMILES string of the molecule is CC(N)C(=O)NC(CCS(C)(=O)=O)C(=O)OC(C)(C)C. The zero-order valence-corrected chi connectivity index (χ0v) is 13.4. The fraction of sp³-hybridized carbons (Fsp3) is 0.833. The highest BCUT2D eigenvalue weighted by molar-refractivity contribution is 7.90. The van der Waals surface area contributed by atoms with E-state index in [9.17, 15) is 18.0 Å². The molecule has 20 heavy (non-hydrogen) atoms. The van der Waals surface area contributed by atoms with Crippen LogP contribution in [-0.4, -0.2) is 50.0 Å². The summed E-state index contributed by atoms with van der Waals surface area (Å²) in [5.74, 6) is -1.43. The summed E-state index contributed by atoms with van der Waals surface area (Å²) in [7, 11) is -3.24. The molecule has 0 saturated carbocycles. The second-order valence-electron chi connectivity index (χ2n) is 5.80. The summed E-state index contributed by atoms with van der Waals surface area (Å²) in [6.45, 7) is 6.53. The molecule has 8 heteroatoms. The number of carbonyl (C=O) groups is 2. The van der Waals surface area contributed by atoms with Crippen molar-refractivity contribution in [3.05, 3.63) is 0 Å². The third kappa shape index (κ3) is 8.87. The molecule has 0 aliphatic rings. The number of hydrogen-bond donors (Lipinski definition) is 2. The summed E-state index contributed by atoms with van der Waals surface area (Å²) < 4.78 is 27.5. The van der Waals surface area contributed by atoms with Crippen molar-refractivity contribution < 1.29 is 22.7 Å². The van der Waals surface area contributed by atoms with E-state index in [1.165, 1.54) is 6.92 Å². The second kappa shape index (κ2) is 7.03. The maximum Gasteiger partial charge on any atom is 0.329 e. The average molecular weight is 308 g/mol. The summed E-state index contributed by atoms with van der Waals surface area (Å²) in [5, 5.41) is 2.41. The molecule has 0 spiro atoms. The minimum Gasteiger partial charge on any atom is -0.458 e. The Hall–Kier alpha value is -1.15. The van der Waals surface area contributed by atoms with E-state index in [2.05, 4.69) is 5.32 Å². The first-order valence-electron chi connectivity index (χ1n) is 6.28. The van der Waals surface area contributed by atoms with Crippen LogP contribution in [0.25, 0.3) is 0 Å². The number of rotatable bonds is 6. The molecule has 0 rings (SSSR count). The summed E-state index contributed by atoms with van der Waals surface area (Å²) in [6.07, 6.45) is 1.01. The number of sulfone groups is 1. The van der Waals surface area contributed by atoms with Crippen LogP contribution in [0.15, 0.2) is 0 Å². The van der Waals surface area contributed by atoms with Gasteiger partial charge < -0.3 is 15.8 Å². The number of hydrogen-bond acceptors (Lipinski definition) is 6. The number of esters is 1. The van der Waals surface area contributed by atoms with Crippen molar-refractivity contribution in [2.75, 3.05) is 12.0 Å². The molecule has 0 aromatic heterocycles. The van der Waals surface area contributed by atoms with Crippen LogP contribution in [0.2, 0.25) is 0 Å². The molecular formula is C12H24N2O5S. The molecule has 0 radical (unpaired) electrons. The molecule has 2 atom stereocenters. The number of ether oxygens (including phenoxy) is 1. The molecular weight excluding hydrogens is 284 g/mol. The highest BCUT2D eigenvalue weighted by Crippen LogP contribution is 2.10. The van der Waals surface area contributed by atoms with Gasteiger partial charge in [0, 0.05) is 6.26 Å². The molecule has 0 heterocycles. The summed E-state index contributed by atoms with van der Waals surface area (Å²) in [5.41, 5.74) is 4.69. The maximum absolute atomic E-state index is 12.0. The highest BCUT2D eigenvalue weighted by atomic mass is 32.2. The zero-order valence-electron chi connectivity index (χ0n) is 12.6. The van der Waals surface area contributed by atoms with E-state index in [-0.39, 0.29) is 12.2 Å². The lowest BCUT2D eigenvalue weighted by molar-refractivity contribution is -0.158. The van der Waals surface area contributed by atoms with E-state index in [1.807, 2.05) is 0 Å². The van der Waals surface area contributed by atoms with E-state index in [0.717, 1.165) is 6.26 Å². The molecule has 2 unspecified atom stereocenters. The van der Waals surface area contributed by atoms with Gasteiger partial charge in [-0.2, -0.15) is 0 Å². The monoisotopic (exact) mass is 308 g/mol. The minimum absolute atomic E-state index is 0.0494. The molecule has 0 bridgehead atoms. The van der Waals surface area contributed by atoms with E-state index in [0.29, 0.717) is 0 Å². The normalized spacial score (nSPS) is 15.3. The molecule has 3 N–H and O–H groups in total. The molecule has 1 amide bonds. The molecule has 118 valence electrons. The lowest BCUT2D eigenvalue weighted by Gasteiger charge is -2.25. The quantitative estimate of drug-likeness (QED) is 0.645. The predicted molar refractivity (Wildman–Crippen MR) is 75.8 cm³/mol. The largest absolute Gasteiger partial charge is 0.458 e. The van der Waals surface area contributed by atoms with E-state index < -0.39 is 39.4 Å². The van der Waals surface area contributed by atoms with Crippen molar-refractivity contribution in [1.82, 2.24) is 5.32 Å². The van der Waals surface area contributed by atoms with Crippen molar-refractivity contribution >= 4 is 21.7 Å². The van der Waals surface area contributed by atoms with E-state index in [1.54, 1.807) is 20.8 Å². The Labute approximate surface area is 120 Å². The van der Waals surface area contributed by atoms with Gasteiger partial charge in [0.25, 0.3) is 0 Å². The first-order valence-corrected chi connectivity index (χ1v) is 8.34. The van der Waals surface area contributed by atoms with Crippen LogP contribution >= 0.6 is 0 Å². The van der Waals surface area contributed by atoms with Crippen LogP contribution in [-0.2, 0) is 24.2 Å². The number of nitrogens with two attached hydrogens (primary N) is 1. The Morgan fingerprint density at radius 3 is 2.15 bits per heavy atom. The van der Waals surface area contributed by atoms with Crippen molar-refractivity contribution in [3.63, 3.8) is 0 Å². The molecule has 0 aliphatic carbocycles. The van der Waals surface area contributed by atoms with Crippen LogP contribution in [0, 0.1) is 0 Å². The lowest BCUT2D eigenvalue weighted by Crippen LogP contribution is -2.49. The third-order valence-corrected chi connectivity index (χ3v) is 3.18. The average Bonchev–Trinajstić information content (AvgIpc) is 2.19. The Morgan fingerprint density at radius 2 is 1.80 bits per heavy atom. The zero-order chi connectivity index (χ0) is 16.1. The van der Waals surface area contributed by atoms with Gasteiger partial charge in [-0.25, -0.2) is 13.2 Å². The first kappa shape index (κ1) is 18.9. The number of amides is 1. The summed E-state index contributed by atoms with van der Waals surface area (Å²) >= 11 is 0. The highest BCUT2D eigenvalue weighted by Gasteiger charge is 2.28. The molecule has 0 saturated heterocycles. The fourth-order valence-corrected chi connectivity index (χ4v) is 1.92. The molecule has 0 fully saturated rings. The molecule has 7 nitrogen and oxygen atoms in total. The number of carbonyl (C=O) groups excluding carboxylic acids is 2. The Kier molecular flexibility index (Phi) is 6.63. The van der Waals surface area contributed by atoms with Gasteiger partial charge in [-0.1, -0.05) is 0 Å². The van der Waals surface area contributed by atoms with Gasteiger partial charge in [-0.15, -0.1) is 0 Å². The molecule has 0 aromatic rings. The van der Waals surface area contributed by atoms with Gasteiger partial charge >= 0.3 is 5.97 Å². The second-order valence-corrected chi connectivity index (χ2v) is 8.06. The van der Waals surface area contributed by atoms with Crippen LogP contribution in [0.3, 0.4) is 0 Å². The van der Waals surface area contributed by atoms with Crippen molar-refractivity contribution in [3.8, 4) is 0 Å². The van der Waals surface area contributed by atoms with Gasteiger partial charge in [0.1, 0.15) is 21.5 Å². The predicted octanol–water partition coefficient (Wildman–Crippen LogP) is -0.405.